The highest BCUT2D eigenvalue weighted by molar-refractivity contribution is 5.88. The van der Waals surface area contributed by atoms with Gasteiger partial charge in [-0.1, -0.05) is 43.5 Å². The largest absolute Gasteiger partial charge is 0.497 e. The number of nitrogens with one attached hydrogen (secondary N) is 1. The molecule has 0 radical (unpaired) electrons. The summed E-state index contributed by atoms with van der Waals surface area (Å²) in [6.07, 6.45) is 5.54. The molecule has 0 heterocycles. The Bertz CT molecular complexity index is 861. The molecule has 3 rings (SSSR count). The van der Waals surface area contributed by atoms with E-state index >= 15 is 0 Å². The topological polar surface area (TPSA) is 58.6 Å². The maximum Gasteiger partial charge on any atom is 0.242 e. The van der Waals surface area contributed by atoms with Gasteiger partial charge in [-0.15, -0.1) is 0 Å². The lowest BCUT2D eigenvalue weighted by Gasteiger charge is -2.31. The van der Waals surface area contributed by atoms with Gasteiger partial charge in [0.05, 0.1) is 13.5 Å². The van der Waals surface area contributed by atoms with Crippen LogP contribution in [-0.2, 0) is 22.6 Å². The highest BCUT2D eigenvalue weighted by Gasteiger charge is 2.28. The first-order valence-corrected chi connectivity index (χ1v) is 10.9. The predicted molar refractivity (Wildman–Crippen MR) is 118 cm³/mol. The summed E-state index contributed by atoms with van der Waals surface area (Å²) in [4.78, 5) is 27.8. The van der Waals surface area contributed by atoms with E-state index in [9.17, 15) is 14.0 Å². The number of rotatable bonds is 8. The lowest BCUT2D eigenvalue weighted by Crippen LogP contribution is -2.50. The molecule has 1 fully saturated rings. The summed E-state index contributed by atoms with van der Waals surface area (Å²) >= 11 is 0. The predicted octanol–water partition coefficient (Wildman–Crippen LogP) is 4.24. The van der Waals surface area contributed by atoms with E-state index in [1.807, 2.05) is 24.3 Å². The number of ether oxygens (including phenoxy) is 1. The molecule has 0 unspecified atom stereocenters. The lowest BCUT2D eigenvalue weighted by atomic mass is 9.95. The summed E-state index contributed by atoms with van der Waals surface area (Å²) in [6.45, 7) is 2.08. The Morgan fingerprint density at radius 3 is 2.26 bits per heavy atom. The van der Waals surface area contributed by atoms with E-state index in [0.29, 0.717) is 12.1 Å². The van der Waals surface area contributed by atoms with Crippen molar-refractivity contribution in [3.63, 3.8) is 0 Å². The summed E-state index contributed by atoms with van der Waals surface area (Å²) < 4.78 is 18.4. The highest BCUT2D eigenvalue weighted by atomic mass is 19.1. The van der Waals surface area contributed by atoms with Crippen molar-refractivity contribution in [2.75, 3.05) is 7.11 Å². The number of carbonyl (C=O) groups excluding carboxylic acids is 2. The van der Waals surface area contributed by atoms with Gasteiger partial charge in [0.15, 0.2) is 0 Å². The SMILES string of the molecule is COc1ccc(CN(C(=O)Cc2ccc(F)cc2)[C@@H](C)C(=O)NC2CCCCC2)cc1. The third kappa shape index (κ3) is 6.54. The fourth-order valence-corrected chi connectivity index (χ4v) is 3.96. The molecule has 0 aliphatic heterocycles. The van der Waals surface area contributed by atoms with Crippen LogP contribution in [0.25, 0.3) is 0 Å². The second kappa shape index (κ2) is 10.9. The Morgan fingerprint density at radius 1 is 1.03 bits per heavy atom. The molecule has 2 aromatic carbocycles. The number of amides is 2. The van der Waals surface area contributed by atoms with Crippen LogP contribution in [0, 0.1) is 5.82 Å². The maximum atomic E-state index is 13.2. The molecule has 1 saturated carbocycles. The molecule has 1 aliphatic carbocycles. The van der Waals surface area contributed by atoms with Crippen molar-refractivity contribution >= 4 is 11.8 Å². The van der Waals surface area contributed by atoms with Crippen LogP contribution in [0.1, 0.15) is 50.2 Å². The second-order valence-corrected chi connectivity index (χ2v) is 8.19. The van der Waals surface area contributed by atoms with Gasteiger partial charge in [0.2, 0.25) is 11.8 Å². The first kappa shape index (κ1) is 22.8. The normalized spacial score (nSPS) is 15.2. The van der Waals surface area contributed by atoms with Crippen LogP contribution >= 0.6 is 0 Å². The molecule has 1 atom stereocenters. The van der Waals surface area contributed by atoms with E-state index in [1.54, 1.807) is 31.1 Å². The molecule has 6 heteroatoms. The Morgan fingerprint density at radius 2 is 1.65 bits per heavy atom. The van der Waals surface area contributed by atoms with Gasteiger partial charge in [0.25, 0.3) is 0 Å². The lowest BCUT2D eigenvalue weighted by molar-refractivity contribution is -0.140. The fraction of sp³-hybridized carbons (Fsp3) is 0.440. The van der Waals surface area contributed by atoms with Gasteiger partial charge >= 0.3 is 0 Å². The van der Waals surface area contributed by atoms with E-state index in [-0.39, 0.29) is 30.1 Å². The minimum absolute atomic E-state index is 0.109. The Balaban J connectivity index is 1.74. The third-order valence-corrected chi connectivity index (χ3v) is 5.90. The third-order valence-electron chi connectivity index (χ3n) is 5.90. The molecule has 0 spiro atoms. The summed E-state index contributed by atoms with van der Waals surface area (Å²) in [5.74, 6) is 0.0872. The van der Waals surface area contributed by atoms with Crippen LogP contribution in [-0.4, -0.2) is 35.9 Å². The van der Waals surface area contributed by atoms with Crippen molar-refractivity contribution in [1.29, 1.82) is 0 Å². The Kier molecular flexibility index (Phi) is 8.04. The van der Waals surface area contributed by atoms with Crippen molar-refractivity contribution in [3.05, 3.63) is 65.5 Å². The van der Waals surface area contributed by atoms with Crippen LogP contribution in [0.15, 0.2) is 48.5 Å². The molecule has 1 N–H and O–H groups in total. The van der Waals surface area contributed by atoms with Crippen LogP contribution in [0.4, 0.5) is 4.39 Å². The number of methoxy groups -OCH3 is 1. The molecule has 0 aromatic heterocycles. The highest BCUT2D eigenvalue weighted by Crippen LogP contribution is 2.19. The molecular formula is C25H31FN2O3. The van der Waals surface area contributed by atoms with Crippen LogP contribution in [0.2, 0.25) is 0 Å². The van der Waals surface area contributed by atoms with Gasteiger partial charge in [-0.25, -0.2) is 4.39 Å². The van der Waals surface area contributed by atoms with E-state index in [2.05, 4.69) is 5.32 Å². The van der Waals surface area contributed by atoms with Gasteiger partial charge < -0.3 is 15.0 Å². The number of benzene rings is 2. The fourth-order valence-electron chi connectivity index (χ4n) is 3.96. The quantitative estimate of drug-likeness (QED) is 0.687. The number of nitrogens with zero attached hydrogens (tertiary/aromatic N) is 1. The minimum atomic E-state index is -0.614. The van der Waals surface area contributed by atoms with Gasteiger partial charge in [-0.05, 0) is 55.2 Å². The van der Waals surface area contributed by atoms with Gasteiger partial charge in [-0.3, -0.25) is 9.59 Å². The Hall–Kier alpha value is -2.89. The number of carbonyl (C=O) groups is 2. The van der Waals surface area contributed by atoms with Crippen molar-refractivity contribution in [2.45, 2.75) is 64.1 Å². The van der Waals surface area contributed by atoms with Crippen molar-refractivity contribution in [2.24, 2.45) is 0 Å². The van der Waals surface area contributed by atoms with Crippen molar-refractivity contribution in [1.82, 2.24) is 10.2 Å². The first-order valence-electron chi connectivity index (χ1n) is 10.9. The zero-order valence-electron chi connectivity index (χ0n) is 18.3. The Labute approximate surface area is 183 Å². The molecule has 31 heavy (non-hydrogen) atoms. The summed E-state index contributed by atoms with van der Waals surface area (Å²) in [7, 11) is 1.60. The molecule has 166 valence electrons. The zero-order valence-corrected chi connectivity index (χ0v) is 18.3. The van der Waals surface area contributed by atoms with Crippen molar-refractivity contribution < 1.29 is 18.7 Å². The summed E-state index contributed by atoms with van der Waals surface area (Å²) in [5, 5.41) is 3.13. The van der Waals surface area contributed by atoms with Crippen LogP contribution in [0.5, 0.6) is 5.75 Å². The van der Waals surface area contributed by atoms with E-state index in [0.717, 1.165) is 37.0 Å². The molecule has 2 amide bonds. The van der Waals surface area contributed by atoms with Crippen molar-refractivity contribution in [3.8, 4) is 5.75 Å². The summed E-state index contributed by atoms with van der Waals surface area (Å²) in [5.41, 5.74) is 1.62. The zero-order chi connectivity index (χ0) is 22.2. The van der Waals surface area contributed by atoms with Gasteiger partial charge in [-0.2, -0.15) is 0 Å². The molecule has 2 aromatic rings. The van der Waals surface area contributed by atoms with E-state index in [4.69, 9.17) is 4.74 Å². The van der Waals surface area contributed by atoms with E-state index < -0.39 is 6.04 Å². The number of hydrogen-bond acceptors (Lipinski definition) is 3. The number of hydrogen-bond donors (Lipinski definition) is 1. The van der Waals surface area contributed by atoms with Gasteiger partial charge in [0.1, 0.15) is 17.6 Å². The second-order valence-electron chi connectivity index (χ2n) is 8.19. The standard InChI is InChI=1S/C25H31FN2O3/c1-18(25(30)27-22-6-4-3-5-7-22)28(17-20-10-14-23(31-2)15-11-20)24(29)16-19-8-12-21(26)13-9-19/h8-15,18,22H,3-7,16-17H2,1-2H3,(H,27,30)/t18-/m0/s1. The summed E-state index contributed by atoms with van der Waals surface area (Å²) in [6, 6.07) is 12.9. The molecular weight excluding hydrogens is 395 g/mol. The monoisotopic (exact) mass is 426 g/mol. The molecule has 5 nitrogen and oxygen atoms in total. The number of halogens is 1. The maximum absolute atomic E-state index is 13.2. The first-order chi connectivity index (χ1) is 15.0. The van der Waals surface area contributed by atoms with Crippen LogP contribution < -0.4 is 10.1 Å². The smallest absolute Gasteiger partial charge is 0.242 e. The van der Waals surface area contributed by atoms with Crippen LogP contribution in [0.3, 0.4) is 0 Å². The minimum Gasteiger partial charge on any atom is -0.497 e. The average Bonchev–Trinajstić information content (AvgIpc) is 2.79. The molecule has 0 bridgehead atoms. The molecule has 0 saturated heterocycles. The average molecular weight is 427 g/mol. The molecule has 1 aliphatic rings. The van der Waals surface area contributed by atoms with Gasteiger partial charge in [0, 0.05) is 12.6 Å². The van der Waals surface area contributed by atoms with E-state index in [1.165, 1.54) is 18.6 Å².